The van der Waals surface area contributed by atoms with Crippen molar-refractivity contribution in [3.8, 4) is 0 Å². The maximum absolute atomic E-state index is 11.8. The fraction of sp³-hybridized carbons (Fsp3) is 0.467. The van der Waals surface area contributed by atoms with E-state index in [1.54, 1.807) is 24.3 Å². The quantitative estimate of drug-likeness (QED) is 0.700. The van der Waals surface area contributed by atoms with Gasteiger partial charge in [0.25, 0.3) is 5.91 Å². The first kappa shape index (κ1) is 15.5. The number of nitrogens with one attached hydrogen (secondary N) is 3. The normalized spacial score (nSPS) is 18.6. The van der Waals surface area contributed by atoms with E-state index in [0.29, 0.717) is 25.3 Å². The van der Waals surface area contributed by atoms with Gasteiger partial charge >= 0.3 is 0 Å². The summed E-state index contributed by atoms with van der Waals surface area (Å²) in [6.45, 7) is 3.55. The molecule has 6 heteroatoms. The Morgan fingerprint density at radius 2 is 2.05 bits per heavy atom. The fourth-order valence-corrected chi connectivity index (χ4v) is 2.06. The lowest BCUT2D eigenvalue weighted by Crippen LogP contribution is -2.41. The predicted octanol–water partition coefficient (Wildman–Crippen LogP) is -0.231. The third-order valence-electron chi connectivity index (χ3n) is 3.24. The number of hydrogen-bond acceptors (Lipinski definition) is 4. The van der Waals surface area contributed by atoms with Gasteiger partial charge in [0.15, 0.2) is 0 Å². The average Bonchev–Trinajstić information content (AvgIpc) is 2.80. The van der Waals surface area contributed by atoms with Crippen LogP contribution in [0.25, 0.3) is 0 Å². The zero-order chi connectivity index (χ0) is 14.9. The van der Waals surface area contributed by atoms with Crippen LogP contribution < -0.4 is 16.0 Å². The molecule has 1 aromatic carbocycles. The lowest BCUT2D eigenvalue weighted by molar-refractivity contribution is -0.120. The third-order valence-corrected chi connectivity index (χ3v) is 3.24. The van der Waals surface area contributed by atoms with E-state index in [2.05, 4.69) is 16.0 Å². The summed E-state index contributed by atoms with van der Waals surface area (Å²) >= 11 is 0. The zero-order valence-corrected chi connectivity index (χ0v) is 11.9. The highest BCUT2D eigenvalue weighted by Crippen LogP contribution is 1.98. The molecule has 21 heavy (non-hydrogen) atoms. The van der Waals surface area contributed by atoms with Crippen LogP contribution in [0.4, 0.5) is 0 Å². The summed E-state index contributed by atoms with van der Waals surface area (Å²) in [4.78, 5) is 23.5. The van der Waals surface area contributed by atoms with Gasteiger partial charge in [0.05, 0.1) is 19.8 Å². The highest BCUT2D eigenvalue weighted by molar-refractivity contribution is 5.96. The number of amides is 2. The Hall–Kier alpha value is -1.92. The van der Waals surface area contributed by atoms with E-state index in [1.807, 2.05) is 6.07 Å². The number of rotatable bonds is 5. The van der Waals surface area contributed by atoms with Crippen molar-refractivity contribution < 1.29 is 14.3 Å². The minimum Gasteiger partial charge on any atom is -0.380 e. The van der Waals surface area contributed by atoms with E-state index in [-0.39, 0.29) is 24.3 Å². The van der Waals surface area contributed by atoms with Gasteiger partial charge in [-0.15, -0.1) is 0 Å². The molecule has 0 radical (unpaired) electrons. The van der Waals surface area contributed by atoms with E-state index in [9.17, 15) is 9.59 Å². The van der Waals surface area contributed by atoms with Gasteiger partial charge in [-0.05, 0) is 12.1 Å². The molecular weight excluding hydrogens is 270 g/mol. The number of benzene rings is 1. The van der Waals surface area contributed by atoms with Crippen LogP contribution in [0.3, 0.4) is 0 Å². The second-order valence-electron chi connectivity index (χ2n) is 5.00. The molecule has 0 aromatic heterocycles. The largest absolute Gasteiger partial charge is 0.380 e. The molecule has 1 aliphatic rings. The molecule has 1 aliphatic heterocycles. The Balaban J connectivity index is 1.66. The minimum atomic E-state index is -0.245. The second-order valence-corrected chi connectivity index (χ2v) is 5.00. The summed E-state index contributed by atoms with van der Waals surface area (Å²) in [5.41, 5.74) is 0.548. The molecule has 6 nitrogen and oxygen atoms in total. The SMILES string of the molecule is O=C(CNC(=O)c1ccccc1)NCC1CNCCOC1. The van der Waals surface area contributed by atoms with Crippen molar-refractivity contribution in [3.05, 3.63) is 35.9 Å². The first-order valence-electron chi connectivity index (χ1n) is 7.14. The summed E-state index contributed by atoms with van der Waals surface area (Å²) in [7, 11) is 0. The summed E-state index contributed by atoms with van der Waals surface area (Å²) in [5.74, 6) is -0.171. The molecule has 1 atom stereocenters. The monoisotopic (exact) mass is 291 g/mol. The van der Waals surface area contributed by atoms with Gasteiger partial charge in [0.2, 0.25) is 5.91 Å². The van der Waals surface area contributed by atoms with Crippen molar-refractivity contribution >= 4 is 11.8 Å². The fourth-order valence-electron chi connectivity index (χ4n) is 2.06. The van der Waals surface area contributed by atoms with Crippen molar-refractivity contribution in [2.24, 2.45) is 5.92 Å². The zero-order valence-electron chi connectivity index (χ0n) is 11.9. The van der Waals surface area contributed by atoms with Crippen molar-refractivity contribution in [1.29, 1.82) is 0 Å². The number of carbonyl (C=O) groups excluding carboxylic acids is 2. The maximum Gasteiger partial charge on any atom is 0.251 e. The van der Waals surface area contributed by atoms with Crippen LogP contribution in [0.2, 0.25) is 0 Å². The van der Waals surface area contributed by atoms with Crippen LogP contribution >= 0.6 is 0 Å². The molecule has 1 fully saturated rings. The predicted molar refractivity (Wildman–Crippen MR) is 79.0 cm³/mol. The summed E-state index contributed by atoms with van der Waals surface area (Å²) < 4.78 is 5.41. The van der Waals surface area contributed by atoms with E-state index in [0.717, 1.165) is 13.1 Å². The Morgan fingerprint density at radius 3 is 2.86 bits per heavy atom. The molecule has 0 saturated carbocycles. The Morgan fingerprint density at radius 1 is 1.24 bits per heavy atom. The maximum atomic E-state index is 11.8. The van der Waals surface area contributed by atoms with E-state index in [1.165, 1.54) is 0 Å². The number of carbonyl (C=O) groups is 2. The minimum absolute atomic E-state index is 0.0191. The van der Waals surface area contributed by atoms with Crippen LogP contribution in [0, 0.1) is 5.92 Å². The molecule has 0 bridgehead atoms. The Bertz CT molecular complexity index is 456. The average molecular weight is 291 g/mol. The highest BCUT2D eigenvalue weighted by Gasteiger charge is 2.13. The molecule has 2 amide bonds. The second kappa shape index (κ2) is 8.39. The summed E-state index contributed by atoms with van der Waals surface area (Å²) in [5, 5.41) is 8.66. The smallest absolute Gasteiger partial charge is 0.251 e. The van der Waals surface area contributed by atoms with Gasteiger partial charge in [-0.25, -0.2) is 0 Å². The molecule has 1 saturated heterocycles. The van der Waals surface area contributed by atoms with Crippen molar-refractivity contribution in [1.82, 2.24) is 16.0 Å². The van der Waals surface area contributed by atoms with Gasteiger partial charge in [0.1, 0.15) is 0 Å². The van der Waals surface area contributed by atoms with Gasteiger partial charge < -0.3 is 20.7 Å². The Labute approximate surface area is 124 Å². The van der Waals surface area contributed by atoms with E-state index < -0.39 is 0 Å². The number of hydrogen-bond donors (Lipinski definition) is 3. The Kier molecular flexibility index (Phi) is 6.18. The van der Waals surface area contributed by atoms with Crippen LogP contribution in [0.15, 0.2) is 30.3 Å². The molecule has 3 N–H and O–H groups in total. The molecule has 0 spiro atoms. The highest BCUT2D eigenvalue weighted by atomic mass is 16.5. The van der Waals surface area contributed by atoms with Crippen LogP contribution in [-0.2, 0) is 9.53 Å². The molecule has 1 heterocycles. The topological polar surface area (TPSA) is 79.5 Å². The molecular formula is C15H21N3O3. The van der Waals surface area contributed by atoms with Crippen molar-refractivity contribution in [3.63, 3.8) is 0 Å². The molecule has 2 rings (SSSR count). The van der Waals surface area contributed by atoms with Crippen LogP contribution in [-0.4, -0.2) is 51.2 Å². The lowest BCUT2D eigenvalue weighted by atomic mass is 10.1. The van der Waals surface area contributed by atoms with Crippen LogP contribution in [0.5, 0.6) is 0 Å². The number of ether oxygens (including phenoxy) is 1. The lowest BCUT2D eigenvalue weighted by Gasteiger charge is -2.14. The molecule has 1 unspecified atom stereocenters. The van der Waals surface area contributed by atoms with Gasteiger partial charge in [-0.3, -0.25) is 9.59 Å². The van der Waals surface area contributed by atoms with Crippen molar-refractivity contribution in [2.75, 3.05) is 39.4 Å². The van der Waals surface area contributed by atoms with Gasteiger partial charge in [0, 0.05) is 31.1 Å². The van der Waals surface area contributed by atoms with E-state index >= 15 is 0 Å². The van der Waals surface area contributed by atoms with Gasteiger partial charge in [-0.1, -0.05) is 18.2 Å². The van der Waals surface area contributed by atoms with Crippen LogP contribution in [0.1, 0.15) is 10.4 Å². The van der Waals surface area contributed by atoms with Gasteiger partial charge in [-0.2, -0.15) is 0 Å². The summed E-state index contributed by atoms with van der Waals surface area (Å²) in [6, 6.07) is 8.83. The molecule has 1 aromatic rings. The van der Waals surface area contributed by atoms with E-state index in [4.69, 9.17) is 4.74 Å². The summed E-state index contributed by atoms with van der Waals surface area (Å²) in [6.07, 6.45) is 0. The first-order chi connectivity index (χ1) is 10.3. The third kappa shape index (κ3) is 5.53. The molecule has 0 aliphatic carbocycles. The standard InChI is InChI=1S/C15H21N3O3/c19-14(17-9-12-8-16-6-7-21-11-12)10-18-15(20)13-4-2-1-3-5-13/h1-5,12,16H,6-11H2,(H,17,19)(H,18,20). The first-order valence-corrected chi connectivity index (χ1v) is 7.14. The molecule has 114 valence electrons. The van der Waals surface area contributed by atoms with Crippen molar-refractivity contribution in [2.45, 2.75) is 0 Å².